The van der Waals surface area contributed by atoms with Crippen LogP contribution in [0.4, 0.5) is 19.0 Å². The van der Waals surface area contributed by atoms with E-state index >= 15 is 0 Å². The summed E-state index contributed by atoms with van der Waals surface area (Å²) in [6.45, 7) is 12.1. The van der Waals surface area contributed by atoms with E-state index in [4.69, 9.17) is 14.4 Å². The van der Waals surface area contributed by atoms with Crippen molar-refractivity contribution in [3.8, 4) is 10.4 Å². The summed E-state index contributed by atoms with van der Waals surface area (Å²) in [5.74, 6) is -1.06. The number of nitrogens with zero attached hydrogens (tertiary/aromatic N) is 4. The molecule has 3 fully saturated rings. The maximum Gasteiger partial charge on any atom is 0.490 e. The van der Waals surface area contributed by atoms with Gasteiger partial charge in [-0.25, -0.2) is 9.78 Å². The summed E-state index contributed by atoms with van der Waals surface area (Å²) in [7, 11) is 0. The van der Waals surface area contributed by atoms with Crippen LogP contribution in [-0.2, 0) is 14.4 Å². The van der Waals surface area contributed by atoms with Crippen molar-refractivity contribution in [2.45, 2.75) is 90.1 Å². The molecule has 4 atom stereocenters. The van der Waals surface area contributed by atoms with Crippen molar-refractivity contribution in [2.75, 3.05) is 37.6 Å². The van der Waals surface area contributed by atoms with Crippen LogP contribution in [0.25, 0.3) is 10.4 Å². The molecule has 53 heavy (non-hydrogen) atoms. The maximum absolute atomic E-state index is 14.1. The number of aliphatic hydroxyl groups is 1. The zero-order valence-corrected chi connectivity index (χ0v) is 31.3. The molecule has 290 valence electrons. The van der Waals surface area contributed by atoms with Gasteiger partial charge in [-0.3, -0.25) is 9.59 Å². The van der Waals surface area contributed by atoms with Gasteiger partial charge in [0.05, 0.1) is 28.2 Å². The number of carboxylic acid groups (broad SMARTS) is 1. The van der Waals surface area contributed by atoms with E-state index in [1.165, 1.54) is 12.8 Å². The van der Waals surface area contributed by atoms with Gasteiger partial charge in [0.2, 0.25) is 11.8 Å². The number of amides is 2. The van der Waals surface area contributed by atoms with Gasteiger partial charge in [0.1, 0.15) is 12.0 Å². The third kappa shape index (κ3) is 9.95. The molecule has 3 aliphatic heterocycles. The summed E-state index contributed by atoms with van der Waals surface area (Å²) >= 11 is 1.61. The van der Waals surface area contributed by atoms with E-state index in [-0.39, 0.29) is 36.7 Å². The smallest absolute Gasteiger partial charge is 0.475 e. The Hall–Kier alpha value is -4.02. The number of β-amino-alcohol motifs (C(OH)–C–C–N with tert-alkyl or cyclic N) is 1. The lowest BCUT2D eigenvalue weighted by molar-refractivity contribution is -0.192. The third-order valence-electron chi connectivity index (χ3n) is 10.6. The van der Waals surface area contributed by atoms with Crippen LogP contribution in [0.3, 0.4) is 0 Å². The van der Waals surface area contributed by atoms with Gasteiger partial charge in [-0.15, -0.1) is 11.3 Å². The molecule has 3 saturated heterocycles. The molecule has 0 aliphatic carbocycles. The molecule has 0 saturated carbocycles. The van der Waals surface area contributed by atoms with Crippen molar-refractivity contribution in [1.82, 2.24) is 25.7 Å². The summed E-state index contributed by atoms with van der Waals surface area (Å²) in [5.41, 5.74) is 4.90. The second-order valence-corrected chi connectivity index (χ2v) is 15.4. The zero-order chi connectivity index (χ0) is 38.4. The molecule has 0 spiro atoms. The number of carbonyl (C=O) groups is 3. The number of carbonyl (C=O) groups excluding carboxylic acids is 2. The van der Waals surface area contributed by atoms with E-state index in [0.717, 1.165) is 78.4 Å². The fraction of sp³-hybridized carbons (Fsp3) is 0.595. The van der Waals surface area contributed by atoms with Gasteiger partial charge < -0.3 is 35.2 Å². The molecule has 2 unspecified atom stereocenters. The number of alkyl halides is 3. The van der Waals surface area contributed by atoms with Crippen molar-refractivity contribution in [3.05, 3.63) is 52.9 Å². The Morgan fingerprint density at radius 2 is 1.66 bits per heavy atom. The summed E-state index contributed by atoms with van der Waals surface area (Å²) in [6, 6.07) is 8.99. The fourth-order valence-electron chi connectivity index (χ4n) is 7.61. The lowest BCUT2D eigenvalue weighted by Crippen LogP contribution is -2.48. The van der Waals surface area contributed by atoms with E-state index < -0.39 is 30.2 Å². The largest absolute Gasteiger partial charge is 0.490 e. The highest BCUT2D eigenvalue weighted by Gasteiger charge is 2.44. The molecule has 2 aromatic heterocycles. The summed E-state index contributed by atoms with van der Waals surface area (Å²) in [4.78, 5) is 45.9. The van der Waals surface area contributed by atoms with E-state index in [9.17, 15) is 27.9 Å². The minimum absolute atomic E-state index is 0.0833. The van der Waals surface area contributed by atoms with Crippen LogP contribution in [0.2, 0.25) is 0 Å². The molecule has 0 radical (unpaired) electrons. The number of aliphatic hydroxyl groups excluding tert-OH is 1. The van der Waals surface area contributed by atoms with Gasteiger partial charge in [-0.1, -0.05) is 43.3 Å². The maximum atomic E-state index is 14.1. The van der Waals surface area contributed by atoms with Crippen molar-refractivity contribution >= 4 is 34.9 Å². The number of benzene rings is 1. The fourth-order valence-corrected chi connectivity index (χ4v) is 8.42. The Morgan fingerprint density at radius 1 is 1.04 bits per heavy atom. The molecule has 4 N–H and O–H groups in total. The number of hydrogen-bond donors (Lipinski definition) is 4. The molecular weight excluding hydrogens is 714 g/mol. The first-order valence-corrected chi connectivity index (χ1v) is 19.0. The van der Waals surface area contributed by atoms with Crippen LogP contribution >= 0.6 is 11.3 Å². The quantitative estimate of drug-likeness (QED) is 0.218. The Labute approximate surface area is 311 Å². The zero-order valence-electron chi connectivity index (χ0n) is 30.4. The second-order valence-electron chi connectivity index (χ2n) is 14.5. The van der Waals surface area contributed by atoms with Crippen LogP contribution in [0.15, 0.2) is 40.4 Å². The highest BCUT2D eigenvalue weighted by atomic mass is 32.1. The van der Waals surface area contributed by atoms with E-state index in [2.05, 4.69) is 25.7 Å². The molecule has 3 aliphatic rings. The SMILES string of the molecule is Cc1ncsc1-c1ccc(C(C)NC(=O)[C@@H]2C[C@@H](O)CN2C(=O)C(c2cc(N3CCC(C4CCNCC4)CC3)no2)C(C)C)cc1.O=C(O)C(F)(F)F. The average Bonchev–Trinajstić information content (AvgIpc) is 3.89. The predicted octanol–water partition coefficient (Wildman–Crippen LogP) is 5.53. The number of piperidine rings is 2. The number of likely N-dealkylation sites (tertiary alicyclic amines) is 1. The first kappa shape index (κ1) is 40.2. The highest BCUT2D eigenvalue weighted by molar-refractivity contribution is 7.13. The summed E-state index contributed by atoms with van der Waals surface area (Å²) in [6.07, 6.45) is -0.822. The van der Waals surface area contributed by atoms with Crippen LogP contribution in [0, 0.1) is 24.7 Å². The van der Waals surface area contributed by atoms with Crippen LogP contribution in [0.1, 0.15) is 81.9 Å². The van der Waals surface area contributed by atoms with Crippen molar-refractivity contribution in [1.29, 1.82) is 0 Å². The molecule has 16 heteroatoms. The number of anilines is 1. The normalized spacial score (nSPS) is 21.2. The number of halogens is 3. The molecule has 3 aromatic rings. The van der Waals surface area contributed by atoms with Crippen LogP contribution < -0.4 is 15.5 Å². The number of thiazole rings is 1. The first-order chi connectivity index (χ1) is 25.1. The van der Waals surface area contributed by atoms with Crippen molar-refractivity contribution < 1.29 is 42.3 Å². The Balaban J connectivity index is 0.000000705. The van der Waals surface area contributed by atoms with Gasteiger partial charge in [0, 0.05) is 32.1 Å². The van der Waals surface area contributed by atoms with Gasteiger partial charge >= 0.3 is 12.1 Å². The third-order valence-corrected chi connectivity index (χ3v) is 11.5. The number of nitrogens with one attached hydrogen (secondary N) is 2. The van der Waals surface area contributed by atoms with Gasteiger partial charge in [-0.05, 0) is 81.5 Å². The molecule has 2 amide bonds. The van der Waals surface area contributed by atoms with E-state index in [0.29, 0.717) is 5.76 Å². The standard InChI is InChI=1S/C35H48N6O4S.C2HF3O2/c1-21(2)32(30-18-31(39-45-30)40-15-11-26(12-16-40)25-9-13-36-14-10-25)35(44)41-19-28(42)17-29(41)34(43)38-22(3)24-5-7-27(8-6-24)33-23(4)37-20-46-33;3-2(4,5)1(6)7/h5-8,18,20-22,25-26,28-29,32,36,42H,9-17,19H2,1-4H3,(H,38,43);(H,6,7)/t22?,28-,29+,32?;/m1./s1. The van der Waals surface area contributed by atoms with Crippen LogP contribution in [0.5, 0.6) is 0 Å². The van der Waals surface area contributed by atoms with Gasteiger partial charge in [0.25, 0.3) is 0 Å². The number of carboxylic acids is 1. The van der Waals surface area contributed by atoms with Gasteiger partial charge in [-0.2, -0.15) is 13.2 Å². The predicted molar refractivity (Wildman–Crippen MR) is 193 cm³/mol. The molecule has 1 aromatic carbocycles. The van der Waals surface area contributed by atoms with Crippen LogP contribution in [-0.4, -0.2) is 94.1 Å². The van der Waals surface area contributed by atoms with E-state index in [1.807, 2.05) is 63.5 Å². The summed E-state index contributed by atoms with van der Waals surface area (Å²) < 4.78 is 37.6. The second kappa shape index (κ2) is 17.4. The molecular formula is C37H49F3N6O6S. The number of aryl methyl sites for hydroxylation is 1. The van der Waals surface area contributed by atoms with E-state index in [1.54, 1.807) is 16.2 Å². The molecule has 0 bridgehead atoms. The molecule has 5 heterocycles. The average molecular weight is 763 g/mol. The lowest BCUT2D eigenvalue weighted by atomic mass is 9.79. The molecule has 12 nitrogen and oxygen atoms in total. The number of rotatable bonds is 9. The number of hydrogen-bond acceptors (Lipinski definition) is 10. The number of aromatic nitrogens is 2. The Bertz CT molecular complexity index is 1680. The lowest BCUT2D eigenvalue weighted by Gasteiger charge is -2.37. The minimum atomic E-state index is -5.08. The highest BCUT2D eigenvalue weighted by Crippen LogP contribution is 2.36. The Kier molecular flexibility index (Phi) is 13.2. The van der Waals surface area contributed by atoms with Gasteiger partial charge in [0.15, 0.2) is 11.6 Å². The van der Waals surface area contributed by atoms with Crippen molar-refractivity contribution in [2.24, 2.45) is 17.8 Å². The number of aliphatic carboxylic acids is 1. The Morgan fingerprint density at radius 3 is 2.23 bits per heavy atom. The monoisotopic (exact) mass is 762 g/mol. The van der Waals surface area contributed by atoms with Crippen molar-refractivity contribution in [3.63, 3.8) is 0 Å². The topological polar surface area (TPSA) is 161 Å². The first-order valence-electron chi connectivity index (χ1n) is 18.2. The minimum Gasteiger partial charge on any atom is -0.475 e. The molecule has 6 rings (SSSR count). The summed E-state index contributed by atoms with van der Waals surface area (Å²) in [5, 5.41) is 28.7.